The number of aliphatic hydroxyl groups excluding tert-OH is 1. The smallest absolute Gasteiger partial charge is 0.123 e. The normalized spacial score (nSPS) is 21.7. The van der Waals surface area contributed by atoms with E-state index in [4.69, 9.17) is 0 Å². The van der Waals surface area contributed by atoms with E-state index >= 15 is 0 Å². The number of hydrogen-bond acceptors (Lipinski definition) is 2. The molecule has 3 aromatic rings. The molecule has 4 heteroatoms. The Balaban J connectivity index is 1.55. The lowest BCUT2D eigenvalue weighted by molar-refractivity contribution is 0.0752. The first kappa shape index (κ1) is 18.2. The highest BCUT2D eigenvalue weighted by Crippen LogP contribution is 2.42. The Morgan fingerprint density at radius 3 is 2.41 bits per heavy atom. The minimum absolute atomic E-state index is 0.183. The lowest BCUT2D eigenvalue weighted by Gasteiger charge is -2.33. The first-order chi connectivity index (χ1) is 13.0. The zero-order valence-corrected chi connectivity index (χ0v) is 16.0. The van der Waals surface area contributed by atoms with Gasteiger partial charge in [-0.15, -0.1) is 0 Å². The summed E-state index contributed by atoms with van der Waals surface area (Å²) in [6.07, 6.45) is 7.18. The second-order valence-corrected chi connectivity index (χ2v) is 8.13. The van der Waals surface area contributed by atoms with Crippen LogP contribution in [0.5, 0.6) is 0 Å². The lowest BCUT2D eigenvalue weighted by atomic mass is 9.75. The average molecular weight is 366 g/mol. The van der Waals surface area contributed by atoms with Crippen LogP contribution in [0.25, 0.3) is 5.52 Å². The van der Waals surface area contributed by atoms with Gasteiger partial charge in [0.25, 0.3) is 0 Å². The van der Waals surface area contributed by atoms with Crippen molar-refractivity contribution in [1.29, 1.82) is 0 Å². The van der Waals surface area contributed by atoms with E-state index in [0.29, 0.717) is 11.8 Å². The number of fused-ring (bicyclic) bond motifs is 1. The summed E-state index contributed by atoms with van der Waals surface area (Å²) in [4.78, 5) is 4.27. The number of benzene rings is 1. The van der Waals surface area contributed by atoms with E-state index in [-0.39, 0.29) is 11.7 Å². The van der Waals surface area contributed by atoms with Crippen LogP contribution >= 0.6 is 0 Å². The fraction of sp³-hybridized carbons (Fsp3) is 0.435. The fourth-order valence-electron chi connectivity index (χ4n) is 4.56. The van der Waals surface area contributed by atoms with Crippen LogP contribution in [0.4, 0.5) is 4.39 Å². The van der Waals surface area contributed by atoms with Crippen LogP contribution < -0.4 is 0 Å². The van der Waals surface area contributed by atoms with E-state index in [9.17, 15) is 9.50 Å². The molecular formula is C23H27FN2O. The van der Waals surface area contributed by atoms with Gasteiger partial charge < -0.3 is 9.51 Å². The van der Waals surface area contributed by atoms with Gasteiger partial charge in [0.05, 0.1) is 29.8 Å². The van der Waals surface area contributed by atoms with Crippen molar-refractivity contribution in [2.24, 2.45) is 5.92 Å². The Hall–Kier alpha value is -2.20. The molecule has 2 aromatic heterocycles. The number of rotatable bonds is 4. The molecule has 4 rings (SSSR count). The third kappa shape index (κ3) is 3.51. The number of aliphatic hydroxyl groups is 1. The highest BCUT2D eigenvalue weighted by molar-refractivity contribution is 5.49. The first-order valence-electron chi connectivity index (χ1n) is 9.93. The maximum atomic E-state index is 13.2. The van der Waals surface area contributed by atoms with Gasteiger partial charge in [0, 0.05) is 0 Å². The lowest BCUT2D eigenvalue weighted by Crippen LogP contribution is -2.22. The van der Waals surface area contributed by atoms with Crippen LogP contribution in [0.3, 0.4) is 0 Å². The molecule has 3 nitrogen and oxygen atoms in total. The Morgan fingerprint density at radius 1 is 1.04 bits per heavy atom. The van der Waals surface area contributed by atoms with Gasteiger partial charge in [0.2, 0.25) is 0 Å². The van der Waals surface area contributed by atoms with Crippen LogP contribution in [0.15, 0.2) is 48.9 Å². The highest BCUT2D eigenvalue weighted by Gasteiger charge is 2.31. The molecule has 1 aliphatic rings. The minimum atomic E-state index is -0.491. The summed E-state index contributed by atoms with van der Waals surface area (Å²) >= 11 is 0. The summed E-state index contributed by atoms with van der Waals surface area (Å²) in [5.41, 5.74) is 4.41. The number of aromatic nitrogens is 2. The minimum Gasteiger partial charge on any atom is -0.387 e. The van der Waals surface area contributed by atoms with Gasteiger partial charge >= 0.3 is 0 Å². The Bertz CT molecular complexity index is 908. The van der Waals surface area contributed by atoms with Gasteiger partial charge in [-0.3, -0.25) is 0 Å². The van der Waals surface area contributed by atoms with Crippen molar-refractivity contribution in [2.75, 3.05) is 0 Å². The van der Waals surface area contributed by atoms with E-state index in [0.717, 1.165) is 36.9 Å². The molecule has 1 atom stereocenters. The molecule has 2 heterocycles. The predicted molar refractivity (Wildman–Crippen MR) is 105 cm³/mol. The van der Waals surface area contributed by atoms with Crippen LogP contribution in [0.2, 0.25) is 0 Å². The van der Waals surface area contributed by atoms with Gasteiger partial charge in [0.15, 0.2) is 0 Å². The number of nitrogens with zero attached hydrogens (tertiary/aromatic N) is 2. The molecular weight excluding hydrogens is 339 g/mol. The molecule has 1 aromatic carbocycles. The summed E-state index contributed by atoms with van der Waals surface area (Å²) in [5, 5.41) is 11.3. The number of halogens is 1. The first-order valence-corrected chi connectivity index (χ1v) is 9.93. The van der Waals surface area contributed by atoms with Gasteiger partial charge in [-0.2, -0.15) is 0 Å². The molecule has 0 bridgehead atoms. The quantitative estimate of drug-likeness (QED) is 0.652. The van der Waals surface area contributed by atoms with E-state index in [1.165, 1.54) is 11.1 Å². The van der Waals surface area contributed by atoms with Gasteiger partial charge in [-0.1, -0.05) is 32.0 Å². The number of pyridine rings is 1. The van der Waals surface area contributed by atoms with E-state index < -0.39 is 6.10 Å². The molecule has 1 unspecified atom stereocenters. The second kappa shape index (κ2) is 7.43. The Morgan fingerprint density at radius 2 is 1.74 bits per heavy atom. The molecule has 1 saturated carbocycles. The monoisotopic (exact) mass is 366 g/mol. The fourth-order valence-corrected chi connectivity index (χ4v) is 4.56. The topological polar surface area (TPSA) is 37.5 Å². The zero-order chi connectivity index (χ0) is 19.0. The van der Waals surface area contributed by atoms with Crippen molar-refractivity contribution in [3.8, 4) is 0 Å². The molecule has 1 N–H and O–H groups in total. The Labute approximate surface area is 159 Å². The van der Waals surface area contributed by atoms with E-state index in [1.54, 1.807) is 12.1 Å². The maximum Gasteiger partial charge on any atom is 0.123 e. The van der Waals surface area contributed by atoms with E-state index in [2.05, 4.69) is 31.0 Å². The molecule has 1 fully saturated rings. The standard InChI is InChI=1S/C23H27FN2O/c1-15(2)21-12-11-20-13-25-14-26(20)22(21)23(27)18-5-3-16(4-6-18)17-7-9-19(24)10-8-17/h7-16,18,23,27H,3-6H2,1-2H3. The largest absolute Gasteiger partial charge is 0.387 e. The summed E-state index contributed by atoms with van der Waals surface area (Å²) in [6.45, 7) is 4.33. The van der Waals surface area contributed by atoms with Gasteiger partial charge in [-0.25, -0.2) is 9.37 Å². The summed E-state index contributed by atoms with van der Waals surface area (Å²) in [6, 6.07) is 11.1. The molecule has 0 radical (unpaired) electrons. The summed E-state index contributed by atoms with van der Waals surface area (Å²) in [7, 11) is 0. The molecule has 142 valence electrons. The van der Waals surface area contributed by atoms with Gasteiger partial charge in [-0.05, 0) is 72.8 Å². The second-order valence-electron chi connectivity index (χ2n) is 8.13. The third-order valence-corrected chi connectivity index (χ3v) is 6.12. The van der Waals surface area contributed by atoms with Crippen molar-refractivity contribution >= 4 is 5.52 Å². The van der Waals surface area contributed by atoms with Crippen molar-refractivity contribution in [2.45, 2.75) is 57.5 Å². The van der Waals surface area contributed by atoms with Crippen LogP contribution in [0, 0.1) is 11.7 Å². The SMILES string of the molecule is CC(C)c1ccc2cncn2c1C(O)C1CCC(c2ccc(F)cc2)CC1. The zero-order valence-electron chi connectivity index (χ0n) is 16.0. The molecule has 1 aliphatic carbocycles. The van der Waals surface area contributed by atoms with E-state index in [1.807, 2.05) is 29.1 Å². The molecule has 0 amide bonds. The average Bonchev–Trinajstić information content (AvgIpc) is 3.16. The number of hydrogen-bond donors (Lipinski definition) is 1. The summed E-state index contributed by atoms with van der Waals surface area (Å²) in [5.74, 6) is 0.865. The van der Waals surface area contributed by atoms with Crippen molar-refractivity contribution in [3.63, 3.8) is 0 Å². The van der Waals surface area contributed by atoms with Crippen molar-refractivity contribution in [1.82, 2.24) is 9.38 Å². The molecule has 0 spiro atoms. The Kier molecular flexibility index (Phi) is 5.00. The predicted octanol–water partition coefficient (Wildman–Crippen LogP) is 5.60. The van der Waals surface area contributed by atoms with Crippen LogP contribution in [0.1, 0.15) is 74.3 Å². The molecule has 0 saturated heterocycles. The molecule has 0 aliphatic heterocycles. The highest BCUT2D eigenvalue weighted by atomic mass is 19.1. The maximum absolute atomic E-state index is 13.2. The summed E-state index contributed by atoms with van der Waals surface area (Å²) < 4.78 is 15.2. The van der Waals surface area contributed by atoms with Crippen molar-refractivity contribution in [3.05, 3.63) is 71.6 Å². The molecule has 27 heavy (non-hydrogen) atoms. The third-order valence-electron chi connectivity index (χ3n) is 6.12. The van der Waals surface area contributed by atoms with Crippen molar-refractivity contribution < 1.29 is 9.50 Å². The van der Waals surface area contributed by atoms with Gasteiger partial charge in [0.1, 0.15) is 5.82 Å². The van der Waals surface area contributed by atoms with Crippen LogP contribution in [-0.2, 0) is 0 Å². The number of imidazole rings is 1. The van der Waals surface area contributed by atoms with Crippen LogP contribution in [-0.4, -0.2) is 14.5 Å².